The highest BCUT2D eigenvalue weighted by Crippen LogP contribution is 2.26. The van der Waals surface area contributed by atoms with Gasteiger partial charge in [0.2, 0.25) is 6.17 Å². The number of nitrogens with zero attached hydrogens (tertiary/aromatic N) is 2. The number of rotatable bonds is 3. The maximum atomic E-state index is 12.5. The van der Waals surface area contributed by atoms with Gasteiger partial charge < -0.3 is 15.7 Å². The molecule has 8 nitrogen and oxygen atoms in total. The number of pyridine rings is 1. The van der Waals surface area contributed by atoms with Crippen LogP contribution in [0.3, 0.4) is 0 Å². The number of carbonyl (C=O) groups excluding carboxylic acids is 2. The molecule has 0 fully saturated rings. The highest BCUT2D eigenvalue weighted by molar-refractivity contribution is 6.11. The normalized spacial score (nSPS) is 16.1. The van der Waals surface area contributed by atoms with E-state index >= 15 is 0 Å². The van der Waals surface area contributed by atoms with E-state index in [1.54, 1.807) is 36.7 Å². The van der Waals surface area contributed by atoms with E-state index in [1.807, 2.05) is 0 Å². The second kappa shape index (κ2) is 6.37. The molecule has 0 saturated carbocycles. The number of carbonyl (C=O) groups is 3. The lowest BCUT2D eigenvalue weighted by atomic mass is 10.1. The Morgan fingerprint density at radius 3 is 2.62 bits per heavy atom. The summed E-state index contributed by atoms with van der Waals surface area (Å²) in [5.74, 6) is -1.85. The number of carboxylic acid groups (broad SMARTS) is 1. The Bertz CT molecular complexity index is 794. The number of aromatic nitrogens is 1. The third kappa shape index (κ3) is 2.89. The molecule has 1 unspecified atom stereocenters. The summed E-state index contributed by atoms with van der Waals surface area (Å²) in [5.41, 5.74) is 1.31. The minimum atomic E-state index is -1.47. The lowest BCUT2D eigenvalue weighted by molar-refractivity contribution is -0.139. The summed E-state index contributed by atoms with van der Waals surface area (Å²) in [7, 11) is 0. The van der Waals surface area contributed by atoms with E-state index in [0.29, 0.717) is 0 Å². The van der Waals surface area contributed by atoms with Crippen molar-refractivity contribution in [1.82, 2.24) is 15.6 Å². The number of urea groups is 1. The van der Waals surface area contributed by atoms with Gasteiger partial charge in [-0.1, -0.05) is 12.1 Å². The molecule has 1 aromatic heterocycles. The molecule has 0 radical (unpaired) electrons. The van der Waals surface area contributed by atoms with Gasteiger partial charge in [0.1, 0.15) is 0 Å². The summed E-state index contributed by atoms with van der Waals surface area (Å²) in [4.78, 5) is 40.9. The van der Waals surface area contributed by atoms with Crippen LogP contribution in [-0.2, 0) is 11.3 Å². The van der Waals surface area contributed by atoms with Gasteiger partial charge in [-0.2, -0.15) is 0 Å². The number of hydrogen-bond acceptors (Lipinski definition) is 4. The molecule has 1 aliphatic heterocycles. The Morgan fingerprint density at radius 1 is 1.21 bits per heavy atom. The molecule has 1 aliphatic rings. The maximum Gasteiger partial charge on any atom is 0.347 e. The van der Waals surface area contributed by atoms with Gasteiger partial charge in [0.25, 0.3) is 5.91 Å². The van der Waals surface area contributed by atoms with Crippen LogP contribution < -0.4 is 15.5 Å². The fraction of sp³-hybridized carbons (Fsp3) is 0.125. The van der Waals surface area contributed by atoms with Crippen molar-refractivity contribution in [1.29, 1.82) is 0 Å². The van der Waals surface area contributed by atoms with Crippen molar-refractivity contribution in [2.24, 2.45) is 0 Å². The second-order valence-corrected chi connectivity index (χ2v) is 5.12. The largest absolute Gasteiger partial charge is 0.478 e. The van der Waals surface area contributed by atoms with Crippen molar-refractivity contribution < 1.29 is 19.5 Å². The zero-order valence-electron chi connectivity index (χ0n) is 12.5. The second-order valence-electron chi connectivity index (χ2n) is 5.12. The first kappa shape index (κ1) is 15.5. The summed E-state index contributed by atoms with van der Waals surface area (Å²) in [6.07, 6.45) is 1.72. The quantitative estimate of drug-likeness (QED) is 0.777. The van der Waals surface area contributed by atoms with Gasteiger partial charge in [-0.05, 0) is 29.8 Å². The number of fused-ring (bicyclic) bond motifs is 1. The van der Waals surface area contributed by atoms with Gasteiger partial charge in [0, 0.05) is 18.9 Å². The van der Waals surface area contributed by atoms with Crippen molar-refractivity contribution in [2.45, 2.75) is 12.7 Å². The average Bonchev–Trinajstić information content (AvgIpc) is 2.60. The molecule has 24 heavy (non-hydrogen) atoms. The summed E-state index contributed by atoms with van der Waals surface area (Å²) in [5, 5.41) is 14.3. The first-order chi connectivity index (χ1) is 11.6. The molecule has 8 heteroatoms. The first-order valence-corrected chi connectivity index (χ1v) is 7.16. The number of anilines is 1. The fourth-order valence-corrected chi connectivity index (χ4v) is 2.44. The summed E-state index contributed by atoms with van der Waals surface area (Å²) in [6.45, 7) is 0.209. The number of benzene rings is 1. The number of para-hydroxylation sites is 1. The summed E-state index contributed by atoms with van der Waals surface area (Å²) < 4.78 is 0. The molecule has 2 heterocycles. The third-order valence-electron chi connectivity index (χ3n) is 3.58. The zero-order valence-corrected chi connectivity index (χ0v) is 12.5. The minimum Gasteiger partial charge on any atom is -0.478 e. The fourth-order valence-electron chi connectivity index (χ4n) is 2.44. The van der Waals surface area contributed by atoms with Crippen molar-refractivity contribution >= 4 is 23.6 Å². The van der Waals surface area contributed by atoms with Crippen LogP contribution in [-0.4, -0.2) is 34.2 Å². The third-order valence-corrected chi connectivity index (χ3v) is 3.58. The smallest absolute Gasteiger partial charge is 0.347 e. The van der Waals surface area contributed by atoms with Crippen LogP contribution in [0.1, 0.15) is 15.9 Å². The van der Waals surface area contributed by atoms with Crippen molar-refractivity contribution in [2.75, 3.05) is 4.90 Å². The number of hydrogen-bond donors (Lipinski definition) is 3. The molecule has 1 aromatic carbocycles. The molecule has 3 amide bonds. The zero-order chi connectivity index (χ0) is 17.1. The van der Waals surface area contributed by atoms with Crippen LogP contribution in [0.4, 0.5) is 10.5 Å². The number of carboxylic acids is 1. The predicted molar refractivity (Wildman–Crippen MR) is 84.3 cm³/mol. The first-order valence-electron chi connectivity index (χ1n) is 7.16. The van der Waals surface area contributed by atoms with Crippen LogP contribution >= 0.6 is 0 Å². The molecule has 3 rings (SSSR count). The van der Waals surface area contributed by atoms with E-state index in [2.05, 4.69) is 15.6 Å². The molecule has 1 atom stereocenters. The molecular formula is C16H14N4O4. The molecule has 0 spiro atoms. The van der Waals surface area contributed by atoms with E-state index in [-0.39, 0.29) is 17.8 Å². The summed E-state index contributed by atoms with van der Waals surface area (Å²) in [6, 6.07) is 9.21. The highest BCUT2D eigenvalue weighted by atomic mass is 16.4. The van der Waals surface area contributed by atoms with Gasteiger partial charge in [-0.15, -0.1) is 0 Å². The van der Waals surface area contributed by atoms with Crippen molar-refractivity contribution in [3.05, 3.63) is 59.9 Å². The lowest BCUT2D eigenvalue weighted by Crippen LogP contribution is -2.61. The van der Waals surface area contributed by atoms with Crippen LogP contribution in [0.5, 0.6) is 0 Å². The van der Waals surface area contributed by atoms with Crippen LogP contribution in [0, 0.1) is 0 Å². The Labute approximate surface area is 137 Å². The van der Waals surface area contributed by atoms with Gasteiger partial charge in [0.15, 0.2) is 0 Å². The Hall–Kier alpha value is -3.42. The molecule has 122 valence electrons. The number of amides is 3. The van der Waals surface area contributed by atoms with Crippen LogP contribution in [0.15, 0.2) is 48.8 Å². The highest BCUT2D eigenvalue weighted by Gasteiger charge is 2.38. The predicted octanol–water partition coefficient (Wildman–Crippen LogP) is 0.952. The summed E-state index contributed by atoms with van der Waals surface area (Å²) >= 11 is 0. The van der Waals surface area contributed by atoms with Crippen molar-refractivity contribution in [3.8, 4) is 0 Å². The lowest BCUT2D eigenvalue weighted by Gasteiger charge is -2.34. The Balaban J connectivity index is 1.87. The standard InChI is InChI=1S/C16H14N4O4/c21-14-11-3-1-2-4-12(11)20(13(19-14)15(22)23)16(24)18-9-10-5-7-17-8-6-10/h1-8,13H,9H2,(H,18,24)(H,19,21)(H,22,23). The Kier molecular flexibility index (Phi) is 4.11. The van der Waals surface area contributed by atoms with Crippen LogP contribution in [0.2, 0.25) is 0 Å². The van der Waals surface area contributed by atoms with Gasteiger partial charge >= 0.3 is 12.0 Å². The Morgan fingerprint density at radius 2 is 1.92 bits per heavy atom. The topological polar surface area (TPSA) is 112 Å². The molecule has 2 aromatic rings. The molecule has 0 bridgehead atoms. The molecular weight excluding hydrogens is 312 g/mol. The van der Waals surface area contributed by atoms with Crippen molar-refractivity contribution in [3.63, 3.8) is 0 Å². The van der Waals surface area contributed by atoms with Gasteiger partial charge in [-0.25, -0.2) is 9.59 Å². The number of aliphatic carboxylic acids is 1. The monoisotopic (exact) mass is 326 g/mol. The van der Waals surface area contributed by atoms with Gasteiger partial charge in [0.05, 0.1) is 11.3 Å². The van der Waals surface area contributed by atoms with E-state index < -0.39 is 24.1 Å². The molecule has 0 aliphatic carbocycles. The van der Waals surface area contributed by atoms with E-state index in [0.717, 1.165) is 10.5 Å². The minimum absolute atomic E-state index is 0.209. The SMILES string of the molecule is O=C1NC(C(=O)O)N(C(=O)NCc2ccncc2)c2ccccc21. The number of nitrogens with one attached hydrogen (secondary N) is 2. The maximum absolute atomic E-state index is 12.5. The average molecular weight is 326 g/mol. The molecule has 0 saturated heterocycles. The van der Waals surface area contributed by atoms with E-state index in [4.69, 9.17) is 0 Å². The van der Waals surface area contributed by atoms with E-state index in [9.17, 15) is 19.5 Å². The van der Waals surface area contributed by atoms with Crippen LogP contribution in [0.25, 0.3) is 0 Å². The van der Waals surface area contributed by atoms with E-state index in [1.165, 1.54) is 12.1 Å². The van der Waals surface area contributed by atoms with Gasteiger partial charge in [-0.3, -0.25) is 14.7 Å². The molecule has 3 N–H and O–H groups in total.